The number of nitrogens with two attached hydrogens (primary N) is 2. The molecule has 0 aliphatic heterocycles. The van der Waals surface area contributed by atoms with E-state index in [1.807, 2.05) is 6.07 Å². The normalized spacial score (nSPS) is 11.5. The fourth-order valence-corrected chi connectivity index (χ4v) is 2.58. The van der Waals surface area contributed by atoms with Gasteiger partial charge in [-0.05, 0) is 26.0 Å². The van der Waals surface area contributed by atoms with E-state index in [1.54, 1.807) is 26.1 Å². The van der Waals surface area contributed by atoms with Crippen LogP contribution in [0.25, 0.3) is 10.2 Å². The van der Waals surface area contributed by atoms with Gasteiger partial charge in [0.25, 0.3) is 5.91 Å². The molecule has 106 valence electrons. The summed E-state index contributed by atoms with van der Waals surface area (Å²) in [7, 11) is 0. The van der Waals surface area contributed by atoms with Gasteiger partial charge in [-0.15, -0.1) is 11.3 Å². The summed E-state index contributed by atoms with van der Waals surface area (Å²) in [6.45, 7) is 3.50. The summed E-state index contributed by atoms with van der Waals surface area (Å²) in [4.78, 5) is 27.9. The summed E-state index contributed by atoms with van der Waals surface area (Å²) in [5, 5.41) is 2.69. The fourth-order valence-electron chi connectivity index (χ4n) is 1.58. The van der Waals surface area contributed by atoms with Gasteiger partial charge in [-0.3, -0.25) is 14.6 Å². The van der Waals surface area contributed by atoms with E-state index in [2.05, 4.69) is 10.3 Å². The maximum absolute atomic E-state index is 12.1. The number of carbonyl (C=O) groups excluding carboxylic acids is 2. The van der Waals surface area contributed by atoms with Crippen molar-refractivity contribution in [3.05, 3.63) is 23.2 Å². The topological polar surface area (TPSA) is 111 Å². The molecule has 0 aromatic carbocycles. The first-order valence-corrected chi connectivity index (χ1v) is 6.85. The van der Waals surface area contributed by atoms with Crippen molar-refractivity contribution in [3.8, 4) is 0 Å². The lowest BCUT2D eigenvalue weighted by Gasteiger charge is -2.20. The summed E-state index contributed by atoms with van der Waals surface area (Å²) in [5.74, 6) is -0.788. The molecule has 2 heterocycles. The summed E-state index contributed by atoms with van der Waals surface area (Å²) in [5.41, 5.74) is 11.4. The molecule has 5 N–H and O–H groups in total. The Kier molecular flexibility index (Phi) is 3.63. The number of amides is 2. The van der Waals surface area contributed by atoms with Crippen LogP contribution in [0.4, 0.5) is 5.69 Å². The summed E-state index contributed by atoms with van der Waals surface area (Å²) in [6, 6.07) is 3.64. The number of fused-ring (bicyclic) bond motifs is 1. The summed E-state index contributed by atoms with van der Waals surface area (Å²) >= 11 is 1.28. The van der Waals surface area contributed by atoms with Gasteiger partial charge in [0.15, 0.2) is 0 Å². The molecular weight excluding hydrogens is 276 g/mol. The maximum atomic E-state index is 12.1. The molecule has 2 amide bonds. The van der Waals surface area contributed by atoms with Gasteiger partial charge in [-0.1, -0.05) is 0 Å². The molecule has 20 heavy (non-hydrogen) atoms. The molecule has 0 saturated heterocycles. The quantitative estimate of drug-likeness (QED) is 0.784. The molecule has 0 fully saturated rings. The molecule has 2 aromatic rings. The van der Waals surface area contributed by atoms with Crippen LogP contribution in [0, 0.1) is 5.41 Å². The highest BCUT2D eigenvalue weighted by molar-refractivity contribution is 7.21. The Balaban J connectivity index is 2.20. The van der Waals surface area contributed by atoms with Gasteiger partial charge in [-0.25, -0.2) is 0 Å². The Morgan fingerprint density at radius 3 is 2.75 bits per heavy atom. The second-order valence-electron chi connectivity index (χ2n) is 5.13. The molecule has 2 aromatic heterocycles. The minimum atomic E-state index is -0.806. The molecule has 0 aliphatic carbocycles. The Labute approximate surface area is 120 Å². The average Bonchev–Trinajstić information content (AvgIpc) is 2.74. The molecule has 7 heteroatoms. The number of carbonyl (C=O) groups is 2. The van der Waals surface area contributed by atoms with E-state index >= 15 is 0 Å². The minimum absolute atomic E-state index is 0.155. The monoisotopic (exact) mass is 292 g/mol. The third-order valence-corrected chi connectivity index (χ3v) is 4.21. The number of nitrogen functional groups attached to an aromatic ring is 1. The lowest BCUT2D eigenvalue weighted by Crippen LogP contribution is -2.42. The van der Waals surface area contributed by atoms with Gasteiger partial charge in [0.2, 0.25) is 5.91 Å². The van der Waals surface area contributed by atoms with Crippen LogP contribution in [0.15, 0.2) is 18.3 Å². The van der Waals surface area contributed by atoms with Crippen LogP contribution >= 0.6 is 11.3 Å². The molecule has 0 aliphatic rings. The van der Waals surface area contributed by atoms with Gasteiger partial charge in [0.1, 0.15) is 10.4 Å². The Morgan fingerprint density at radius 2 is 2.15 bits per heavy atom. The largest absolute Gasteiger partial charge is 0.396 e. The first-order chi connectivity index (χ1) is 9.33. The number of pyridine rings is 1. The number of nitrogens with one attached hydrogen (secondary N) is 1. The third-order valence-electron chi connectivity index (χ3n) is 3.05. The summed E-state index contributed by atoms with van der Waals surface area (Å²) < 4.78 is 0.851. The number of hydrogen-bond donors (Lipinski definition) is 3. The van der Waals surface area contributed by atoms with Crippen LogP contribution in [-0.2, 0) is 4.79 Å². The first kappa shape index (κ1) is 14.3. The van der Waals surface area contributed by atoms with Crippen molar-refractivity contribution in [1.29, 1.82) is 0 Å². The second kappa shape index (κ2) is 5.09. The van der Waals surface area contributed by atoms with Gasteiger partial charge >= 0.3 is 0 Å². The average molecular weight is 292 g/mol. The number of primary amides is 1. The minimum Gasteiger partial charge on any atom is -0.396 e. The molecule has 0 radical (unpaired) electrons. The van der Waals surface area contributed by atoms with E-state index in [9.17, 15) is 9.59 Å². The zero-order chi connectivity index (χ0) is 14.9. The number of rotatable bonds is 4. The van der Waals surface area contributed by atoms with Crippen LogP contribution in [0.5, 0.6) is 0 Å². The summed E-state index contributed by atoms with van der Waals surface area (Å²) in [6.07, 6.45) is 1.63. The zero-order valence-corrected chi connectivity index (χ0v) is 12.1. The smallest absolute Gasteiger partial charge is 0.263 e. The molecule has 0 spiro atoms. The Morgan fingerprint density at radius 1 is 1.45 bits per heavy atom. The third kappa shape index (κ3) is 2.57. The highest BCUT2D eigenvalue weighted by Crippen LogP contribution is 2.31. The first-order valence-electron chi connectivity index (χ1n) is 6.04. The number of thiophene rings is 1. The van der Waals surface area contributed by atoms with Crippen molar-refractivity contribution in [2.24, 2.45) is 11.1 Å². The van der Waals surface area contributed by atoms with Gasteiger partial charge in [-0.2, -0.15) is 0 Å². The fraction of sp³-hybridized carbons (Fsp3) is 0.308. The molecule has 0 saturated carbocycles. The number of anilines is 1. The molecule has 0 unspecified atom stereocenters. The number of hydrogen-bond acceptors (Lipinski definition) is 5. The van der Waals surface area contributed by atoms with E-state index in [0.29, 0.717) is 16.1 Å². The lowest BCUT2D eigenvalue weighted by atomic mass is 9.93. The van der Waals surface area contributed by atoms with Crippen LogP contribution < -0.4 is 16.8 Å². The van der Waals surface area contributed by atoms with E-state index in [4.69, 9.17) is 11.5 Å². The SMILES string of the molecule is CC(C)(CNC(=O)c1sc2cccnc2c1N)C(N)=O. The molecule has 2 rings (SSSR count). The predicted octanol–water partition coefficient (Wildman–Crippen LogP) is 1.12. The van der Waals surface area contributed by atoms with Crippen molar-refractivity contribution in [2.45, 2.75) is 13.8 Å². The Hall–Kier alpha value is -2.15. The number of aromatic nitrogens is 1. The van der Waals surface area contributed by atoms with Gasteiger partial charge < -0.3 is 16.8 Å². The molecule has 0 atom stereocenters. The van der Waals surface area contributed by atoms with Crippen molar-refractivity contribution in [3.63, 3.8) is 0 Å². The Bertz CT molecular complexity index is 678. The molecule has 6 nitrogen and oxygen atoms in total. The van der Waals surface area contributed by atoms with E-state index < -0.39 is 11.3 Å². The van der Waals surface area contributed by atoms with Gasteiger partial charge in [0, 0.05) is 12.7 Å². The predicted molar refractivity (Wildman–Crippen MR) is 79.3 cm³/mol. The highest BCUT2D eigenvalue weighted by atomic mass is 32.1. The molecular formula is C13H16N4O2S. The van der Waals surface area contributed by atoms with Crippen LogP contribution in [0.3, 0.4) is 0 Å². The second-order valence-corrected chi connectivity index (χ2v) is 6.18. The zero-order valence-electron chi connectivity index (χ0n) is 11.3. The maximum Gasteiger partial charge on any atom is 0.263 e. The lowest BCUT2D eigenvalue weighted by molar-refractivity contribution is -0.125. The van der Waals surface area contributed by atoms with E-state index in [0.717, 1.165) is 4.70 Å². The van der Waals surface area contributed by atoms with Crippen molar-refractivity contribution < 1.29 is 9.59 Å². The standard InChI is InChI=1S/C13H16N4O2S/c1-13(2,12(15)19)6-17-11(18)10-8(14)9-7(20-10)4-3-5-16-9/h3-5H,6,14H2,1-2H3,(H2,15,19)(H,17,18). The van der Waals surface area contributed by atoms with E-state index in [-0.39, 0.29) is 12.5 Å². The van der Waals surface area contributed by atoms with Crippen molar-refractivity contribution >= 4 is 39.1 Å². The van der Waals surface area contributed by atoms with Crippen molar-refractivity contribution in [2.75, 3.05) is 12.3 Å². The van der Waals surface area contributed by atoms with E-state index in [1.165, 1.54) is 11.3 Å². The van der Waals surface area contributed by atoms with Gasteiger partial charge in [0.05, 0.1) is 15.8 Å². The van der Waals surface area contributed by atoms with Crippen molar-refractivity contribution in [1.82, 2.24) is 10.3 Å². The number of nitrogens with zero attached hydrogens (tertiary/aromatic N) is 1. The van der Waals surface area contributed by atoms with Crippen LogP contribution in [-0.4, -0.2) is 23.3 Å². The van der Waals surface area contributed by atoms with Crippen LogP contribution in [0.1, 0.15) is 23.5 Å². The van der Waals surface area contributed by atoms with Crippen LogP contribution in [0.2, 0.25) is 0 Å². The molecule has 0 bridgehead atoms. The highest BCUT2D eigenvalue weighted by Gasteiger charge is 2.26.